The predicted molar refractivity (Wildman–Crippen MR) is 53.5 cm³/mol. The van der Waals surface area contributed by atoms with Crippen LogP contribution in [-0.4, -0.2) is 26.2 Å². The van der Waals surface area contributed by atoms with E-state index in [-0.39, 0.29) is 12.8 Å². The number of hydrogen-bond acceptors (Lipinski definition) is 5. The van der Waals surface area contributed by atoms with Gasteiger partial charge in [-0.15, -0.1) is 0 Å². The van der Waals surface area contributed by atoms with Crippen molar-refractivity contribution in [1.29, 1.82) is 0 Å². The summed E-state index contributed by atoms with van der Waals surface area (Å²) in [6.45, 7) is 0. The molecule has 0 saturated carbocycles. The summed E-state index contributed by atoms with van der Waals surface area (Å²) in [7, 11) is 0. The standard InChI is InChI=1S/C10H9N3O3/c14-9(15)4-3-8-12-10(13-16-8)7-2-1-5-11-6-7/h1-2,5-6H,3-4H2,(H,14,15). The molecular formula is C10H9N3O3. The molecule has 0 unspecified atom stereocenters. The molecule has 0 radical (unpaired) electrons. The number of rotatable bonds is 4. The molecule has 0 aliphatic carbocycles. The third kappa shape index (κ3) is 2.41. The summed E-state index contributed by atoms with van der Waals surface area (Å²) in [5.74, 6) is -0.143. The number of carbonyl (C=O) groups is 1. The summed E-state index contributed by atoms with van der Waals surface area (Å²) >= 11 is 0. The molecule has 2 rings (SSSR count). The molecule has 2 aromatic rings. The Balaban J connectivity index is 2.11. The predicted octanol–water partition coefficient (Wildman–Crippen LogP) is 1.15. The van der Waals surface area contributed by atoms with Gasteiger partial charge in [0.25, 0.3) is 0 Å². The number of carboxylic acid groups (broad SMARTS) is 1. The first-order valence-corrected chi connectivity index (χ1v) is 4.70. The lowest BCUT2D eigenvalue weighted by Crippen LogP contribution is -1.97. The van der Waals surface area contributed by atoms with Gasteiger partial charge in [0, 0.05) is 24.4 Å². The van der Waals surface area contributed by atoms with E-state index in [1.165, 1.54) is 0 Å². The van der Waals surface area contributed by atoms with Gasteiger partial charge in [0.15, 0.2) is 0 Å². The normalized spacial score (nSPS) is 10.2. The highest BCUT2D eigenvalue weighted by molar-refractivity contribution is 5.66. The summed E-state index contributed by atoms with van der Waals surface area (Å²) in [5, 5.41) is 12.2. The number of aryl methyl sites for hydroxylation is 1. The number of carboxylic acids is 1. The average molecular weight is 219 g/mol. The minimum absolute atomic E-state index is 0.0192. The number of aliphatic carboxylic acids is 1. The number of hydrogen-bond donors (Lipinski definition) is 1. The van der Waals surface area contributed by atoms with Crippen molar-refractivity contribution in [2.75, 3.05) is 0 Å². The van der Waals surface area contributed by atoms with E-state index < -0.39 is 5.97 Å². The van der Waals surface area contributed by atoms with E-state index in [0.29, 0.717) is 11.7 Å². The Bertz CT molecular complexity index is 481. The lowest BCUT2D eigenvalue weighted by atomic mass is 10.3. The first kappa shape index (κ1) is 10.3. The number of pyridine rings is 1. The molecule has 16 heavy (non-hydrogen) atoms. The van der Waals surface area contributed by atoms with Crippen molar-refractivity contribution in [2.45, 2.75) is 12.8 Å². The van der Waals surface area contributed by atoms with Gasteiger partial charge in [-0.25, -0.2) is 0 Å². The van der Waals surface area contributed by atoms with Crippen LogP contribution in [0.4, 0.5) is 0 Å². The monoisotopic (exact) mass is 219 g/mol. The molecule has 0 aliphatic heterocycles. The van der Waals surface area contributed by atoms with Crippen molar-refractivity contribution >= 4 is 5.97 Å². The molecule has 0 aliphatic rings. The Morgan fingerprint density at radius 2 is 2.38 bits per heavy atom. The van der Waals surface area contributed by atoms with Crippen LogP contribution < -0.4 is 0 Å². The van der Waals surface area contributed by atoms with Gasteiger partial charge in [-0.3, -0.25) is 9.78 Å². The van der Waals surface area contributed by atoms with E-state index >= 15 is 0 Å². The van der Waals surface area contributed by atoms with E-state index in [0.717, 1.165) is 5.56 Å². The molecule has 82 valence electrons. The van der Waals surface area contributed by atoms with Gasteiger partial charge in [-0.05, 0) is 12.1 Å². The smallest absolute Gasteiger partial charge is 0.303 e. The largest absolute Gasteiger partial charge is 0.481 e. The zero-order chi connectivity index (χ0) is 11.4. The maximum absolute atomic E-state index is 10.3. The van der Waals surface area contributed by atoms with E-state index in [2.05, 4.69) is 15.1 Å². The fourth-order valence-electron chi connectivity index (χ4n) is 1.18. The minimum Gasteiger partial charge on any atom is -0.481 e. The van der Waals surface area contributed by atoms with Gasteiger partial charge < -0.3 is 9.63 Å². The zero-order valence-electron chi connectivity index (χ0n) is 8.33. The van der Waals surface area contributed by atoms with Crippen LogP contribution >= 0.6 is 0 Å². The fourth-order valence-corrected chi connectivity index (χ4v) is 1.18. The Morgan fingerprint density at radius 1 is 1.50 bits per heavy atom. The Hall–Kier alpha value is -2.24. The molecule has 0 atom stereocenters. The molecule has 0 fully saturated rings. The third-order valence-electron chi connectivity index (χ3n) is 1.94. The van der Waals surface area contributed by atoms with E-state index in [4.69, 9.17) is 9.63 Å². The Kier molecular flexibility index (Phi) is 2.90. The molecule has 0 spiro atoms. The maximum Gasteiger partial charge on any atom is 0.303 e. The van der Waals surface area contributed by atoms with Crippen LogP contribution in [0, 0.1) is 0 Å². The second kappa shape index (κ2) is 4.52. The summed E-state index contributed by atoms with van der Waals surface area (Å²) in [6.07, 6.45) is 3.48. The first-order valence-electron chi connectivity index (χ1n) is 4.70. The van der Waals surface area contributed by atoms with Gasteiger partial charge in [-0.1, -0.05) is 5.16 Å². The van der Waals surface area contributed by atoms with Crippen LogP contribution in [0.25, 0.3) is 11.4 Å². The second-order valence-corrected chi connectivity index (χ2v) is 3.15. The number of nitrogens with zero attached hydrogens (tertiary/aromatic N) is 3. The van der Waals surface area contributed by atoms with Gasteiger partial charge in [0.2, 0.25) is 11.7 Å². The minimum atomic E-state index is -0.888. The van der Waals surface area contributed by atoms with Crippen LogP contribution in [0.3, 0.4) is 0 Å². The summed E-state index contributed by atoms with van der Waals surface area (Å²) < 4.78 is 4.92. The molecule has 0 aromatic carbocycles. The molecule has 0 amide bonds. The highest BCUT2D eigenvalue weighted by atomic mass is 16.5. The van der Waals surface area contributed by atoms with Crippen LogP contribution in [0.2, 0.25) is 0 Å². The summed E-state index contributed by atoms with van der Waals surface area (Å²) in [6, 6.07) is 3.57. The third-order valence-corrected chi connectivity index (χ3v) is 1.94. The molecule has 2 heterocycles. The van der Waals surface area contributed by atoms with Crippen molar-refractivity contribution in [3.05, 3.63) is 30.4 Å². The van der Waals surface area contributed by atoms with Crippen molar-refractivity contribution in [2.24, 2.45) is 0 Å². The molecule has 6 nitrogen and oxygen atoms in total. The van der Waals surface area contributed by atoms with Crippen molar-refractivity contribution in [3.63, 3.8) is 0 Å². The molecule has 1 N–H and O–H groups in total. The van der Waals surface area contributed by atoms with Gasteiger partial charge in [-0.2, -0.15) is 4.98 Å². The molecule has 6 heteroatoms. The number of aromatic nitrogens is 3. The van der Waals surface area contributed by atoms with E-state index in [1.54, 1.807) is 24.5 Å². The Morgan fingerprint density at radius 3 is 3.06 bits per heavy atom. The van der Waals surface area contributed by atoms with Crippen molar-refractivity contribution in [3.8, 4) is 11.4 Å². The highest BCUT2D eigenvalue weighted by Gasteiger charge is 2.09. The average Bonchev–Trinajstić information content (AvgIpc) is 2.76. The molecule has 2 aromatic heterocycles. The van der Waals surface area contributed by atoms with Crippen LogP contribution in [0.1, 0.15) is 12.3 Å². The van der Waals surface area contributed by atoms with Crippen LogP contribution in [0.5, 0.6) is 0 Å². The van der Waals surface area contributed by atoms with Crippen LogP contribution in [0.15, 0.2) is 29.0 Å². The second-order valence-electron chi connectivity index (χ2n) is 3.15. The lowest BCUT2D eigenvalue weighted by molar-refractivity contribution is -0.137. The van der Waals surface area contributed by atoms with E-state index in [1.807, 2.05) is 0 Å². The van der Waals surface area contributed by atoms with Crippen molar-refractivity contribution in [1.82, 2.24) is 15.1 Å². The molecule has 0 saturated heterocycles. The quantitative estimate of drug-likeness (QED) is 0.829. The zero-order valence-corrected chi connectivity index (χ0v) is 8.33. The fraction of sp³-hybridized carbons (Fsp3) is 0.200. The van der Waals surface area contributed by atoms with Gasteiger partial charge in [0.05, 0.1) is 6.42 Å². The maximum atomic E-state index is 10.3. The summed E-state index contributed by atoms with van der Waals surface area (Å²) in [4.78, 5) is 18.3. The molecule has 0 bridgehead atoms. The van der Waals surface area contributed by atoms with Gasteiger partial charge >= 0.3 is 5.97 Å². The van der Waals surface area contributed by atoms with Crippen molar-refractivity contribution < 1.29 is 14.4 Å². The first-order chi connectivity index (χ1) is 7.75. The van der Waals surface area contributed by atoms with Gasteiger partial charge in [0.1, 0.15) is 0 Å². The van der Waals surface area contributed by atoms with E-state index in [9.17, 15) is 4.79 Å². The Labute approximate surface area is 90.9 Å². The SMILES string of the molecule is O=C(O)CCc1nc(-c2cccnc2)no1. The lowest BCUT2D eigenvalue weighted by Gasteiger charge is -1.90. The molecular weight excluding hydrogens is 210 g/mol. The summed E-state index contributed by atoms with van der Waals surface area (Å²) in [5.41, 5.74) is 0.743. The highest BCUT2D eigenvalue weighted by Crippen LogP contribution is 2.14. The topological polar surface area (TPSA) is 89.1 Å². The van der Waals surface area contributed by atoms with Crippen LogP contribution in [-0.2, 0) is 11.2 Å².